The highest BCUT2D eigenvalue weighted by atomic mass is 32.2. The zero-order valence-corrected chi connectivity index (χ0v) is 32.1. The van der Waals surface area contributed by atoms with Gasteiger partial charge in [0.1, 0.15) is 23.0 Å². The Morgan fingerprint density at radius 2 is 1.78 bits per heavy atom. The quantitative estimate of drug-likeness (QED) is 0.0670. The average Bonchev–Trinajstić information content (AvgIpc) is 3.56. The van der Waals surface area contributed by atoms with Crippen molar-refractivity contribution in [2.24, 2.45) is 5.73 Å². The van der Waals surface area contributed by atoms with Crippen molar-refractivity contribution in [3.8, 4) is 12.8 Å². The van der Waals surface area contributed by atoms with Gasteiger partial charge >= 0.3 is 0 Å². The van der Waals surface area contributed by atoms with Crippen LogP contribution in [0.5, 0.6) is 0 Å². The Balaban J connectivity index is 0.000000501. The topological polar surface area (TPSA) is 155 Å². The van der Waals surface area contributed by atoms with Crippen LogP contribution in [0.25, 0.3) is 0 Å². The molecule has 0 radical (unpaired) electrons. The van der Waals surface area contributed by atoms with Gasteiger partial charge in [0.2, 0.25) is 5.91 Å². The lowest BCUT2D eigenvalue weighted by Gasteiger charge is -2.32. The van der Waals surface area contributed by atoms with Crippen LogP contribution in [0.3, 0.4) is 0 Å². The van der Waals surface area contributed by atoms with Crippen molar-refractivity contribution in [3.05, 3.63) is 114 Å². The normalized spacial score (nSPS) is 15.6. The molecule has 13 heteroatoms. The lowest BCUT2D eigenvalue weighted by Crippen LogP contribution is -2.47. The van der Waals surface area contributed by atoms with Crippen LogP contribution in [-0.2, 0) is 37.4 Å². The van der Waals surface area contributed by atoms with Crippen molar-refractivity contribution in [1.29, 1.82) is 0 Å². The van der Waals surface area contributed by atoms with Gasteiger partial charge in [-0.2, -0.15) is 5.10 Å². The zero-order chi connectivity index (χ0) is 39.8. The number of halogens is 1. The predicted octanol–water partition coefficient (Wildman–Crippen LogP) is 7.09. The number of allylic oxidation sites excluding steroid dienone is 3. The van der Waals surface area contributed by atoms with Crippen LogP contribution in [0.4, 0.5) is 10.2 Å². The minimum atomic E-state index is -4.33. The minimum Gasteiger partial charge on any atom is -0.377 e. The molecule has 1 aliphatic carbocycles. The molecule has 1 aromatic heterocycles. The molecule has 11 nitrogen and oxygen atoms in total. The minimum absolute atomic E-state index is 0.172. The van der Waals surface area contributed by atoms with Crippen molar-refractivity contribution >= 4 is 27.7 Å². The molecule has 0 unspecified atom stereocenters. The largest absolute Gasteiger partial charge is 0.377 e. The molecule has 2 amide bonds. The molecule has 4 N–H and O–H groups in total. The molecule has 0 bridgehead atoms. The Morgan fingerprint density at radius 1 is 1.07 bits per heavy atom. The Bertz CT molecular complexity index is 1790. The van der Waals surface area contributed by atoms with E-state index < -0.39 is 32.6 Å². The molecule has 2 atom stereocenters. The summed E-state index contributed by atoms with van der Waals surface area (Å²) in [6, 6.07) is 15.4. The number of sulfonamides is 1. The number of unbranched alkanes of at least 4 members (excludes halogenated alkanes) is 3. The second kappa shape index (κ2) is 25.1. The van der Waals surface area contributed by atoms with Gasteiger partial charge in [-0.25, -0.2) is 17.5 Å². The maximum absolute atomic E-state index is 14.0. The molecule has 1 saturated carbocycles. The highest BCUT2D eigenvalue weighted by Crippen LogP contribution is 2.23. The molecule has 0 aliphatic heterocycles. The summed E-state index contributed by atoms with van der Waals surface area (Å²) < 4.78 is 54.0. The van der Waals surface area contributed by atoms with Crippen molar-refractivity contribution in [2.45, 2.75) is 95.4 Å². The van der Waals surface area contributed by atoms with Crippen LogP contribution in [0.1, 0.15) is 81.3 Å². The second-order valence-electron chi connectivity index (χ2n) is 12.4. The number of nitrogens with one attached hydrogen (secondary N) is 2. The van der Waals surface area contributed by atoms with Gasteiger partial charge in [0.25, 0.3) is 15.9 Å². The molecule has 1 fully saturated rings. The number of amides is 2. The number of terminal acetylenes is 1. The Kier molecular flexibility index (Phi) is 21.0. The molecule has 1 heterocycles. The fourth-order valence-electron chi connectivity index (χ4n) is 5.48. The smallest absolute Gasteiger partial charge is 0.267 e. The summed E-state index contributed by atoms with van der Waals surface area (Å²) in [6.45, 7) is 9.58. The highest BCUT2D eigenvalue weighted by Gasteiger charge is 2.28. The Labute approximate surface area is 319 Å². The van der Waals surface area contributed by atoms with Gasteiger partial charge in [0.15, 0.2) is 5.82 Å². The van der Waals surface area contributed by atoms with Crippen LogP contribution < -0.4 is 15.8 Å². The number of rotatable bonds is 19. The van der Waals surface area contributed by atoms with Gasteiger partial charge in [-0.15, -0.1) is 12.8 Å². The lowest BCUT2D eigenvalue weighted by atomic mass is 9.92. The molecule has 2 aromatic carbocycles. The number of nitrogens with zero attached hydrogens (tertiary/aromatic N) is 2. The Morgan fingerprint density at radius 3 is 2.44 bits per heavy atom. The summed E-state index contributed by atoms with van der Waals surface area (Å²) in [4.78, 5) is 24.2. The van der Waals surface area contributed by atoms with E-state index in [1.807, 2.05) is 61.6 Å². The van der Waals surface area contributed by atoms with Crippen LogP contribution in [0.2, 0.25) is 0 Å². The molecule has 1 aliphatic rings. The number of benzene rings is 2. The molecular formula is C41H54FN5O6S. The van der Waals surface area contributed by atoms with Crippen molar-refractivity contribution in [1.82, 2.24) is 15.1 Å². The first-order chi connectivity index (χ1) is 26.1. The van der Waals surface area contributed by atoms with Crippen molar-refractivity contribution in [2.75, 3.05) is 17.9 Å². The fraction of sp³-hybridized carbons (Fsp3) is 0.390. The summed E-state index contributed by atoms with van der Waals surface area (Å²) in [5, 5.41) is 6.96. The SMILES string of the molecule is C#C.C=C/C(=C\C=C/C)COCCCCCC.NC(=O)c1cc(NS(=O)(=O)c2ccccc2F)nn1CC(=O)N[C@H]1CCCC[C@@H]1OCc1ccccc1. The number of nitrogens with two attached hydrogens (primary N) is 1. The van der Waals surface area contributed by atoms with Crippen LogP contribution in [0, 0.1) is 18.7 Å². The number of hydrogen-bond donors (Lipinski definition) is 3. The van der Waals surface area contributed by atoms with E-state index in [2.05, 4.69) is 41.5 Å². The summed E-state index contributed by atoms with van der Waals surface area (Å²) in [6.07, 6.45) is 24.2. The number of carbonyl (C=O) groups is 2. The lowest BCUT2D eigenvalue weighted by molar-refractivity contribution is -0.124. The summed E-state index contributed by atoms with van der Waals surface area (Å²) in [7, 11) is -4.33. The van der Waals surface area contributed by atoms with Gasteiger partial charge < -0.3 is 20.5 Å². The molecule has 0 saturated heterocycles. The van der Waals surface area contributed by atoms with Gasteiger partial charge in [0.05, 0.1) is 25.4 Å². The maximum Gasteiger partial charge on any atom is 0.267 e. The fourth-order valence-corrected chi connectivity index (χ4v) is 6.55. The van der Waals surface area contributed by atoms with E-state index in [0.29, 0.717) is 13.2 Å². The number of anilines is 1. The van der Waals surface area contributed by atoms with E-state index in [1.54, 1.807) is 0 Å². The zero-order valence-electron chi connectivity index (χ0n) is 31.3. The third-order valence-electron chi connectivity index (χ3n) is 8.22. The number of primary amides is 1. The number of aromatic nitrogens is 2. The second-order valence-corrected chi connectivity index (χ2v) is 14.0. The summed E-state index contributed by atoms with van der Waals surface area (Å²) in [5.41, 5.74) is 7.41. The maximum atomic E-state index is 14.0. The summed E-state index contributed by atoms with van der Waals surface area (Å²) >= 11 is 0. The van der Waals surface area contributed by atoms with Crippen LogP contribution in [-0.4, -0.2) is 55.4 Å². The molecule has 4 rings (SSSR count). The summed E-state index contributed by atoms with van der Waals surface area (Å²) in [5.74, 6) is -2.56. The third kappa shape index (κ3) is 15.9. The molecular weight excluding hydrogens is 710 g/mol. The standard InChI is InChI=1S/C25H28FN5O5S.C14H24O.C2H2/c26-18-10-4-7-13-22(18)37(34,35)30-23-14-20(25(27)33)31(29-23)15-24(32)28-19-11-5-6-12-21(19)36-16-17-8-2-1-3-9-17;1-4-7-9-10-12-15-13-14(6-3)11-8-5-2;1-2/h1-4,7-10,13-14,19,21H,5-6,11-12,15-16H2,(H2,27,33)(H,28,32)(H,29,30);5-6,8,11H,3-4,7,9-10,12-13H2,1-2H3;1-2H/b;8-5-,14-11+;/t19-,21-;;/m0../s1. The van der Waals surface area contributed by atoms with Crippen LogP contribution in [0.15, 0.2) is 102 Å². The number of ether oxygens (including phenoxy) is 2. The first-order valence-corrected chi connectivity index (χ1v) is 19.5. The van der Waals surface area contributed by atoms with Gasteiger partial charge in [-0.1, -0.05) is 112 Å². The molecule has 292 valence electrons. The van der Waals surface area contributed by atoms with Gasteiger partial charge in [0, 0.05) is 12.7 Å². The Hall–Kier alpha value is -5.03. The monoisotopic (exact) mass is 763 g/mol. The molecule has 0 spiro atoms. The van der Waals surface area contributed by atoms with E-state index in [9.17, 15) is 22.4 Å². The molecule has 54 heavy (non-hydrogen) atoms. The highest BCUT2D eigenvalue weighted by molar-refractivity contribution is 7.92. The number of hydrogen-bond acceptors (Lipinski definition) is 7. The van der Waals surface area contributed by atoms with Gasteiger partial charge in [-0.3, -0.25) is 14.3 Å². The molecule has 3 aromatic rings. The van der Waals surface area contributed by atoms with E-state index in [-0.39, 0.29) is 30.2 Å². The van der Waals surface area contributed by atoms with Gasteiger partial charge in [-0.05, 0) is 49.5 Å². The average molecular weight is 764 g/mol. The first-order valence-electron chi connectivity index (χ1n) is 18.0. The van der Waals surface area contributed by atoms with Crippen LogP contribution >= 0.6 is 0 Å². The van der Waals surface area contributed by atoms with E-state index in [4.69, 9.17) is 15.2 Å². The first kappa shape index (κ1) is 45.1. The van der Waals surface area contributed by atoms with E-state index in [1.165, 1.54) is 37.8 Å². The predicted molar refractivity (Wildman–Crippen MR) is 211 cm³/mol. The van der Waals surface area contributed by atoms with E-state index in [0.717, 1.165) is 66.3 Å². The van der Waals surface area contributed by atoms with Crippen molar-refractivity contribution in [3.63, 3.8) is 0 Å². The third-order valence-corrected chi connectivity index (χ3v) is 9.61. The number of carbonyl (C=O) groups excluding carboxylic acids is 2. The van der Waals surface area contributed by atoms with Crippen molar-refractivity contribution < 1.29 is 31.9 Å². The van der Waals surface area contributed by atoms with E-state index >= 15 is 0 Å².